The zero-order valence-corrected chi connectivity index (χ0v) is 16.1. The van der Waals surface area contributed by atoms with E-state index in [1.165, 1.54) is 22.2 Å². The van der Waals surface area contributed by atoms with E-state index in [1.807, 2.05) is 17.5 Å². The number of rotatable bonds is 7. The molecule has 0 aliphatic rings. The van der Waals surface area contributed by atoms with E-state index in [-0.39, 0.29) is 18.0 Å². The van der Waals surface area contributed by atoms with E-state index in [0.29, 0.717) is 21.8 Å². The summed E-state index contributed by atoms with van der Waals surface area (Å²) < 4.78 is 1.36. The molecule has 0 unspecified atom stereocenters. The molecule has 0 fully saturated rings. The van der Waals surface area contributed by atoms with Gasteiger partial charge in [0.15, 0.2) is 0 Å². The summed E-state index contributed by atoms with van der Waals surface area (Å²) in [6, 6.07) is 7.33. The van der Waals surface area contributed by atoms with Crippen molar-refractivity contribution in [3.05, 3.63) is 51.3 Å². The largest absolute Gasteiger partial charge is 0.355 e. The molecule has 2 heterocycles. The Bertz CT molecular complexity index is 963. The summed E-state index contributed by atoms with van der Waals surface area (Å²) in [6.45, 7) is 2.72. The smallest absolute Gasteiger partial charge is 0.263 e. The summed E-state index contributed by atoms with van der Waals surface area (Å²) in [5.41, 5.74) is 1.52. The van der Waals surface area contributed by atoms with E-state index in [2.05, 4.69) is 17.2 Å². The highest BCUT2D eigenvalue weighted by molar-refractivity contribution is 7.17. The van der Waals surface area contributed by atoms with Crippen LogP contribution in [0.4, 0.5) is 0 Å². The first-order valence-corrected chi connectivity index (χ1v) is 9.85. The SMILES string of the molecule is CCCCCNC(=O)Cn1cnc2scc(-c3ccc(Cl)cc3)c2c1=O. The molecular formula is C19H20ClN3O2S. The number of nitrogens with one attached hydrogen (secondary N) is 1. The van der Waals surface area contributed by atoms with Crippen molar-refractivity contribution in [3.63, 3.8) is 0 Å². The maximum Gasteiger partial charge on any atom is 0.263 e. The monoisotopic (exact) mass is 389 g/mol. The highest BCUT2D eigenvalue weighted by atomic mass is 35.5. The predicted molar refractivity (Wildman–Crippen MR) is 107 cm³/mol. The maximum absolute atomic E-state index is 12.9. The van der Waals surface area contributed by atoms with Crippen LogP contribution in [0.3, 0.4) is 0 Å². The Kier molecular flexibility index (Phi) is 6.06. The summed E-state index contributed by atoms with van der Waals surface area (Å²) in [5.74, 6) is -0.173. The molecule has 0 saturated heterocycles. The van der Waals surface area contributed by atoms with Gasteiger partial charge in [-0.1, -0.05) is 43.5 Å². The molecule has 0 saturated carbocycles. The zero-order valence-electron chi connectivity index (χ0n) is 14.5. The second kappa shape index (κ2) is 8.47. The summed E-state index contributed by atoms with van der Waals surface area (Å²) in [6.07, 6.45) is 4.56. The average Bonchev–Trinajstić information content (AvgIpc) is 3.07. The fourth-order valence-corrected chi connectivity index (χ4v) is 3.77. The molecule has 0 bridgehead atoms. The van der Waals surface area contributed by atoms with E-state index in [9.17, 15) is 9.59 Å². The van der Waals surface area contributed by atoms with E-state index in [1.54, 1.807) is 12.1 Å². The number of halogens is 1. The minimum Gasteiger partial charge on any atom is -0.355 e. The van der Waals surface area contributed by atoms with Crippen molar-refractivity contribution < 1.29 is 4.79 Å². The minimum atomic E-state index is -0.204. The average molecular weight is 390 g/mol. The number of fused-ring (bicyclic) bond motifs is 1. The molecule has 3 rings (SSSR count). The van der Waals surface area contributed by atoms with Crippen LogP contribution in [0.2, 0.25) is 5.02 Å². The van der Waals surface area contributed by atoms with Crippen LogP contribution >= 0.6 is 22.9 Å². The fraction of sp³-hybridized carbons (Fsp3) is 0.316. The molecule has 5 nitrogen and oxygen atoms in total. The lowest BCUT2D eigenvalue weighted by atomic mass is 10.1. The quantitative estimate of drug-likeness (QED) is 0.619. The Balaban J connectivity index is 1.86. The topological polar surface area (TPSA) is 64.0 Å². The number of amides is 1. The van der Waals surface area contributed by atoms with E-state index in [0.717, 1.165) is 30.4 Å². The Morgan fingerprint density at radius 1 is 1.27 bits per heavy atom. The Labute approximate surface area is 160 Å². The lowest BCUT2D eigenvalue weighted by molar-refractivity contribution is -0.121. The number of thiophene rings is 1. The lowest BCUT2D eigenvalue weighted by Crippen LogP contribution is -2.32. The van der Waals surface area contributed by atoms with Gasteiger partial charge in [0.2, 0.25) is 5.91 Å². The molecule has 136 valence electrons. The fourth-order valence-electron chi connectivity index (χ4n) is 2.74. The molecule has 0 aliphatic carbocycles. The van der Waals surface area contributed by atoms with Gasteiger partial charge in [-0.2, -0.15) is 0 Å². The number of aromatic nitrogens is 2. The van der Waals surface area contributed by atoms with Crippen molar-refractivity contribution in [1.29, 1.82) is 0 Å². The van der Waals surface area contributed by atoms with Gasteiger partial charge >= 0.3 is 0 Å². The van der Waals surface area contributed by atoms with Gasteiger partial charge in [0.1, 0.15) is 11.4 Å². The normalized spacial score (nSPS) is 11.0. The van der Waals surface area contributed by atoms with Crippen molar-refractivity contribution in [2.24, 2.45) is 0 Å². The van der Waals surface area contributed by atoms with Crippen LogP contribution < -0.4 is 10.9 Å². The van der Waals surface area contributed by atoms with Gasteiger partial charge in [0, 0.05) is 22.5 Å². The predicted octanol–water partition coefficient (Wildman–Crippen LogP) is 4.08. The number of hydrogen-bond donors (Lipinski definition) is 1. The summed E-state index contributed by atoms with van der Waals surface area (Å²) in [4.78, 5) is 30.0. The van der Waals surface area contributed by atoms with Crippen LogP contribution in [0.25, 0.3) is 21.3 Å². The third-order valence-corrected chi connectivity index (χ3v) is 5.27. The van der Waals surface area contributed by atoms with Crippen molar-refractivity contribution in [2.75, 3.05) is 6.54 Å². The van der Waals surface area contributed by atoms with E-state index >= 15 is 0 Å². The van der Waals surface area contributed by atoms with Crippen molar-refractivity contribution in [1.82, 2.24) is 14.9 Å². The third kappa shape index (κ3) is 4.14. The molecule has 0 radical (unpaired) electrons. The maximum atomic E-state index is 12.9. The molecule has 26 heavy (non-hydrogen) atoms. The van der Waals surface area contributed by atoms with E-state index in [4.69, 9.17) is 11.6 Å². The number of carbonyl (C=O) groups is 1. The molecule has 0 spiro atoms. The molecule has 1 amide bonds. The first-order valence-electron chi connectivity index (χ1n) is 8.59. The van der Waals surface area contributed by atoms with Crippen LogP contribution in [0.5, 0.6) is 0 Å². The minimum absolute atomic E-state index is 0.0240. The second-order valence-electron chi connectivity index (χ2n) is 6.07. The van der Waals surface area contributed by atoms with Gasteiger partial charge in [-0.05, 0) is 24.1 Å². The van der Waals surface area contributed by atoms with Crippen LogP contribution in [0.1, 0.15) is 26.2 Å². The van der Waals surface area contributed by atoms with Crippen molar-refractivity contribution in [3.8, 4) is 11.1 Å². The van der Waals surface area contributed by atoms with Crippen molar-refractivity contribution in [2.45, 2.75) is 32.7 Å². The van der Waals surface area contributed by atoms with Gasteiger partial charge in [-0.3, -0.25) is 14.2 Å². The van der Waals surface area contributed by atoms with Crippen LogP contribution in [-0.2, 0) is 11.3 Å². The summed E-state index contributed by atoms with van der Waals surface area (Å²) >= 11 is 7.36. The molecule has 0 atom stereocenters. The zero-order chi connectivity index (χ0) is 18.5. The molecule has 7 heteroatoms. The molecule has 1 N–H and O–H groups in total. The number of benzene rings is 1. The Morgan fingerprint density at radius 2 is 2.04 bits per heavy atom. The summed E-state index contributed by atoms with van der Waals surface area (Å²) in [7, 11) is 0. The van der Waals surface area contributed by atoms with E-state index < -0.39 is 0 Å². The molecule has 2 aromatic heterocycles. The highest BCUT2D eigenvalue weighted by Gasteiger charge is 2.14. The van der Waals surface area contributed by atoms with Gasteiger partial charge in [-0.15, -0.1) is 11.3 Å². The number of carbonyl (C=O) groups excluding carboxylic acids is 1. The molecule has 3 aromatic rings. The van der Waals surface area contributed by atoms with Gasteiger partial charge < -0.3 is 5.32 Å². The third-order valence-electron chi connectivity index (χ3n) is 4.13. The summed E-state index contributed by atoms with van der Waals surface area (Å²) in [5, 5.41) is 5.95. The van der Waals surface area contributed by atoms with Gasteiger partial charge in [-0.25, -0.2) is 4.98 Å². The second-order valence-corrected chi connectivity index (χ2v) is 7.37. The van der Waals surface area contributed by atoms with Crippen LogP contribution in [0.15, 0.2) is 40.8 Å². The first kappa shape index (κ1) is 18.6. The molecule has 0 aliphatic heterocycles. The van der Waals surface area contributed by atoms with Crippen molar-refractivity contribution >= 4 is 39.1 Å². The van der Waals surface area contributed by atoms with Crippen LogP contribution in [-0.4, -0.2) is 22.0 Å². The van der Waals surface area contributed by atoms with Crippen LogP contribution in [0, 0.1) is 0 Å². The number of hydrogen-bond acceptors (Lipinski definition) is 4. The standard InChI is InChI=1S/C19H20ClN3O2S/c1-2-3-4-9-21-16(24)10-23-12-22-18-17(19(23)25)15(11-26-18)13-5-7-14(20)8-6-13/h5-8,11-12H,2-4,9-10H2,1H3,(H,21,24). The number of unbranched alkanes of at least 4 members (excludes halogenated alkanes) is 2. The Hall–Kier alpha value is -2.18. The Morgan fingerprint density at radius 3 is 2.77 bits per heavy atom. The molecule has 1 aromatic carbocycles. The first-order chi connectivity index (χ1) is 12.6. The highest BCUT2D eigenvalue weighted by Crippen LogP contribution is 2.31. The lowest BCUT2D eigenvalue weighted by Gasteiger charge is -2.07. The van der Waals surface area contributed by atoms with Gasteiger partial charge in [0.25, 0.3) is 5.56 Å². The number of nitrogens with zero attached hydrogens (tertiary/aromatic N) is 2. The van der Waals surface area contributed by atoms with Gasteiger partial charge in [0.05, 0.1) is 11.7 Å². The molecular weight excluding hydrogens is 370 g/mol.